The molecule has 2 amide bonds. The zero-order valence-corrected chi connectivity index (χ0v) is 21.5. The summed E-state index contributed by atoms with van der Waals surface area (Å²) in [7, 11) is 0. The van der Waals surface area contributed by atoms with Crippen LogP contribution in [0.3, 0.4) is 0 Å². The number of carbonyl (C=O) groups excluding carboxylic acids is 5. The Balaban J connectivity index is 1.32. The van der Waals surface area contributed by atoms with Gasteiger partial charge in [0.1, 0.15) is 11.8 Å². The maximum atomic E-state index is 12.8. The SMILES string of the molecule is CC1C=CCC2C(=O)N(C(C)C(=O)OCC(=O)c3ccc(OC(=O)c4ccc(Cl)c(Cl)c4)cc3)C(=O)C12. The number of amides is 2. The molecule has 192 valence electrons. The highest BCUT2D eigenvalue weighted by Crippen LogP contribution is 2.39. The summed E-state index contributed by atoms with van der Waals surface area (Å²) in [6, 6.07) is 8.87. The normalized spacial score (nSPS) is 21.4. The van der Waals surface area contributed by atoms with Crippen LogP contribution in [0.2, 0.25) is 10.0 Å². The van der Waals surface area contributed by atoms with Gasteiger partial charge in [0.15, 0.2) is 12.4 Å². The largest absolute Gasteiger partial charge is 0.456 e. The van der Waals surface area contributed by atoms with Crippen LogP contribution in [0.5, 0.6) is 5.75 Å². The molecule has 1 fully saturated rings. The number of imide groups is 1. The van der Waals surface area contributed by atoms with E-state index in [1.54, 1.807) is 0 Å². The maximum absolute atomic E-state index is 12.8. The molecule has 4 rings (SSSR count). The molecule has 0 saturated carbocycles. The van der Waals surface area contributed by atoms with Crippen molar-refractivity contribution >= 4 is 52.7 Å². The highest BCUT2D eigenvalue weighted by molar-refractivity contribution is 6.42. The molecule has 1 saturated heterocycles. The molecule has 1 aliphatic heterocycles. The fourth-order valence-corrected chi connectivity index (χ4v) is 4.80. The Morgan fingerprint density at radius 1 is 1.00 bits per heavy atom. The average molecular weight is 544 g/mol. The first-order valence-corrected chi connectivity index (χ1v) is 12.3. The lowest BCUT2D eigenvalue weighted by Gasteiger charge is -2.23. The van der Waals surface area contributed by atoms with Crippen LogP contribution in [-0.4, -0.2) is 47.1 Å². The third-order valence-electron chi connectivity index (χ3n) is 6.52. The van der Waals surface area contributed by atoms with E-state index in [1.807, 2.05) is 19.1 Å². The van der Waals surface area contributed by atoms with Gasteiger partial charge in [0, 0.05) is 5.56 Å². The summed E-state index contributed by atoms with van der Waals surface area (Å²) in [5, 5.41) is 0.518. The third kappa shape index (κ3) is 5.45. The van der Waals surface area contributed by atoms with Crippen molar-refractivity contribution in [3.05, 3.63) is 75.8 Å². The van der Waals surface area contributed by atoms with E-state index in [0.717, 1.165) is 4.90 Å². The third-order valence-corrected chi connectivity index (χ3v) is 7.26. The number of halogens is 2. The molecule has 0 radical (unpaired) electrons. The lowest BCUT2D eigenvalue weighted by atomic mass is 9.78. The first-order chi connectivity index (χ1) is 17.6. The van der Waals surface area contributed by atoms with Gasteiger partial charge in [-0.3, -0.25) is 19.3 Å². The smallest absolute Gasteiger partial charge is 0.343 e. The van der Waals surface area contributed by atoms with Crippen LogP contribution in [0, 0.1) is 17.8 Å². The lowest BCUT2D eigenvalue weighted by Crippen LogP contribution is -2.45. The second-order valence-corrected chi connectivity index (χ2v) is 9.77. The molecule has 37 heavy (non-hydrogen) atoms. The van der Waals surface area contributed by atoms with Crippen molar-refractivity contribution in [1.29, 1.82) is 0 Å². The quantitative estimate of drug-likeness (QED) is 0.166. The van der Waals surface area contributed by atoms with Gasteiger partial charge in [-0.15, -0.1) is 0 Å². The van der Waals surface area contributed by atoms with Crippen molar-refractivity contribution < 1.29 is 33.4 Å². The van der Waals surface area contributed by atoms with Crippen molar-refractivity contribution in [2.45, 2.75) is 26.3 Å². The van der Waals surface area contributed by atoms with Gasteiger partial charge in [-0.1, -0.05) is 42.3 Å². The van der Waals surface area contributed by atoms with E-state index in [2.05, 4.69) is 0 Å². The molecular weight excluding hydrogens is 521 g/mol. The topological polar surface area (TPSA) is 107 Å². The average Bonchev–Trinajstić information content (AvgIpc) is 3.14. The molecule has 2 aliphatic rings. The van der Waals surface area contributed by atoms with Gasteiger partial charge in [0.25, 0.3) is 0 Å². The fourth-order valence-electron chi connectivity index (χ4n) is 4.50. The van der Waals surface area contributed by atoms with Crippen molar-refractivity contribution in [3.63, 3.8) is 0 Å². The molecule has 4 atom stereocenters. The maximum Gasteiger partial charge on any atom is 0.343 e. The van der Waals surface area contributed by atoms with Gasteiger partial charge in [-0.05, 0) is 61.7 Å². The molecule has 0 bridgehead atoms. The molecule has 4 unspecified atom stereocenters. The van der Waals surface area contributed by atoms with Crippen LogP contribution >= 0.6 is 23.2 Å². The van der Waals surface area contributed by atoms with Crippen LogP contribution in [0.4, 0.5) is 0 Å². The van der Waals surface area contributed by atoms with Crippen molar-refractivity contribution in [2.75, 3.05) is 6.61 Å². The molecule has 0 N–H and O–H groups in total. The number of ether oxygens (including phenoxy) is 2. The fraction of sp³-hybridized carbons (Fsp3) is 0.296. The molecule has 1 heterocycles. The van der Waals surface area contributed by atoms with Gasteiger partial charge in [0.2, 0.25) is 11.8 Å². The van der Waals surface area contributed by atoms with Crippen molar-refractivity contribution in [2.24, 2.45) is 17.8 Å². The number of allylic oxidation sites excluding steroid dienone is 2. The van der Waals surface area contributed by atoms with Crippen LogP contribution in [-0.2, 0) is 19.1 Å². The Labute approximate surface area is 223 Å². The standard InChI is InChI=1S/C27H23Cl2NO7/c1-14-4-3-5-19-23(14)25(33)30(24(19)32)15(2)26(34)36-13-22(31)16-6-9-18(10-7-16)37-27(35)17-8-11-20(28)21(29)12-17/h3-4,6-12,14-15,19,23H,5,13H2,1-2H3. The van der Waals surface area contributed by atoms with Crippen LogP contribution in [0.15, 0.2) is 54.6 Å². The minimum Gasteiger partial charge on any atom is -0.456 e. The predicted molar refractivity (Wildman–Crippen MR) is 134 cm³/mol. The molecule has 1 aliphatic carbocycles. The van der Waals surface area contributed by atoms with Gasteiger partial charge in [-0.25, -0.2) is 9.59 Å². The minimum atomic E-state index is -1.14. The summed E-state index contributed by atoms with van der Waals surface area (Å²) in [6.07, 6.45) is 4.23. The molecule has 2 aromatic rings. The number of carbonyl (C=O) groups is 5. The van der Waals surface area contributed by atoms with Crippen LogP contribution in [0.1, 0.15) is 41.0 Å². The second-order valence-electron chi connectivity index (χ2n) is 8.95. The molecule has 0 aromatic heterocycles. The number of likely N-dealkylation sites (tertiary alicyclic amines) is 1. The van der Waals surface area contributed by atoms with Gasteiger partial charge in [0.05, 0.1) is 27.4 Å². The Kier molecular flexibility index (Phi) is 7.80. The number of Topliss-reactive ketones (excluding diaryl/α,β-unsaturated/α-hetero) is 1. The molecule has 2 aromatic carbocycles. The van der Waals surface area contributed by atoms with E-state index in [4.69, 9.17) is 32.7 Å². The van der Waals surface area contributed by atoms with E-state index >= 15 is 0 Å². The zero-order chi connectivity index (χ0) is 26.9. The number of hydrogen-bond acceptors (Lipinski definition) is 7. The minimum absolute atomic E-state index is 0.101. The lowest BCUT2D eigenvalue weighted by molar-refractivity contribution is -0.157. The molecular formula is C27H23Cl2NO7. The van der Waals surface area contributed by atoms with Crippen LogP contribution in [0.25, 0.3) is 0 Å². The van der Waals surface area contributed by atoms with E-state index in [1.165, 1.54) is 49.4 Å². The first-order valence-electron chi connectivity index (χ1n) is 11.6. The van der Waals surface area contributed by atoms with Crippen LogP contribution < -0.4 is 4.74 Å². The Morgan fingerprint density at radius 2 is 1.68 bits per heavy atom. The number of nitrogens with zero attached hydrogens (tertiary/aromatic N) is 1. The van der Waals surface area contributed by atoms with Crippen molar-refractivity contribution in [1.82, 2.24) is 4.90 Å². The summed E-state index contributed by atoms with van der Waals surface area (Å²) in [5.41, 5.74) is 0.421. The number of benzene rings is 2. The van der Waals surface area contributed by atoms with Gasteiger partial charge < -0.3 is 9.47 Å². The Bertz CT molecular complexity index is 1300. The van der Waals surface area contributed by atoms with Gasteiger partial charge >= 0.3 is 11.9 Å². The molecule has 8 nitrogen and oxygen atoms in total. The highest BCUT2D eigenvalue weighted by atomic mass is 35.5. The van der Waals surface area contributed by atoms with E-state index in [9.17, 15) is 24.0 Å². The predicted octanol–water partition coefficient (Wildman–Crippen LogP) is 4.52. The number of rotatable bonds is 7. The number of ketones is 1. The molecule has 10 heteroatoms. The number of esters is 2. The van der Waals surface area contributed by atoms with E-state index in [0.29, 0.717) is 11.4 Å². The van der Waals surface area contributed by atoms with E-state index < -0.39 is 54.0 Å². The zero-order valence-electron chi connectivity index (χ0n) is 20.0. The number of fused-ring (bicyclic) bond motifs is 1. The highest BCUT2D eigenvalue weighted by Gasteiger charge is 2.52. The van der Waals surface area contributed by atoms with E-state index in [-0.39, 0.29) is 27.8 Å². The van der Waals surface area contributed by atoms with Gasteiger partial charge in [-0.2, -0.15) is 0 Å². The Hall–Kier alpha value is -3.49. The molecule has 0 spiro atoms. The monoisotopic (exact) mass is 543 g/mol. The second kappa shape index (κ2) is 10.9. The summed E-state index contributed by atoms with van der Waals surface area (Å²) in [5.74, 6) is -3.67. The summed E-state index contributed by atoms with van der Waals surface area (Å²) in [6.45, 7) is 2.70. The number of hydrogen-bond donors (Lipinski definition) is 0. The Morgan fingerprint density at radius 3 is 2.32 bits per heavy atom. The first kappa shape index (κ1) is 26.6. The summed E-state index contributed by atoms with van der Waals surface area (Å²) in [4.78, 5) is 64.0. The summed E-state index contributed by atoms with van der Waals surface area (Å²) >= 11 is 11.8. The van der Waals surface area contributed by atoms with Crippen molar-refractivity contribution in [3.8, 4) is 5.75 Å². The summed E-state index contributed by atoms with van der Waals surface area (Å²) < 4.78 is 10.4.